The molecule has 2 aromatic carbocycles. The number of rotatable bonds is 4. The van der Waals surface area contributed by atoms with Crippen molar-refractivity contribution in [3.05, 3.63) is 47.5 Å². The number of halogens is 1. The average Bonchev–Trinajstić information content (AvgIpc) is 2.74. The lowest BCUT2D eigenvalue weighted by molar-refractivity contribution is -0.132. The Morgan fingerprint density at radius 3 is 2.59 bits per heavy atom. The number of fused-ring (bicyclic) bond motifs is 1. The molecule has 0 aromatic heterocycles. The number of anilines is 2. The second kappa shape index (κ2) is 8.55. The van der Waals surface area contributed by atoms with Gasteiger partial charge in [0.15, 0.2) is 0 Å². The zero-order chi connectivity index (χ0) is 20.4. The first-order valence-corrected chi connectivity index (χ1v) is 10.7. The molecule has 2 aliphatic rings. The Bertz CT molecular complexity index is 914. The Labute approximate surface area is 179 Å². The minimum Gasteiger partial charge on any atom is -0.497 e. The van der Waals surface area contributed by atoms with Gasteiger partial charge >= 0.3 is 0 Å². The summed E-state index contributed by atoms with van der Waals surface area (Å²) in [5.74, 6) is 0.703. The van der Waals surface area contributed by atoms with Crippen molar-refractivity contribution in [2.45, 2.75) is 16.6 Å². The van der Waals surface area contributed by atoms with Gasteiger partial charge in [0.05, 0.1) is 18.0 Å². The predicted molar refractivity (Wildman–Crippen MR) is 116 cm³/mol. The van der Waals surface area contributed by atoms with E-state index >= 15 is 0 Å². The molecular formula is C21H22ClN3O3S. The molecule has 1 atom stereocenters. The second-order valence-electron chi connectivity index (χ2n) is 7.01. The highest BCUT2D eigenvalue weighted by atomic mass is 35.5. The van der Waals surface area contributed by atoms with Crippen molar-refractivity contribution in [3.63, 3.8) is 0 Å². The first-order chi connectivity index (χ1) is 14.0. The number of thioether (sulfide) groups is 1. The summed E-state index contributed by atoms with van der Waals surface area (Å²) in [6.45, 7) is 2.83. The van der Waals surface area contributed by atoms with Crippen molar-refractivity contribution in [1.82, 2.24) is 4.90 Å². The highest BCUT2D eigenvalue weighted by Gasteiger charge is 2.31. The number of amides is 2. The highest BCUT2D eigenvalue weighted by molar-refractivity contribution is 8.01. The van der Waals surface area contributed by atoms with E-state index in [0.717, 1.165) is 29.4 Å². The van der Waals surface area contributed by atoms with Crippen molar-refractivity contribution >= 4 is 46.6 Å². The van der Waals surface area contributed by atoms with Gasteiger partial charge in [-0.05, 0) is 42.5 Å². The Morgan fingerprint density at radius 2 is 1.90 bits per heavy atom. The lowest BCUT2D eigenvalue weighted by Crippen LogP contribution is -2.49. The van der Waals surface area contributed by atoms with Crippen LogP contribution in [0.1, 0.15) is 6.42 Å². The molecule has 0 spiro atoms. The third kappa shape index (κ3) is 4.46. The summed E-state index contributed by atoms with van der Waals surface area (Å²) in [5.41, 5.74) is 1.83. The van der Waals surface area contributed by atoms with E-state index < -0.39 is 5.25 Å². The molecule has 0 radical (unpaired) electrons. The second-order valence-corrected chi connectivity index (χ2v) is 8.69. The van der Waals surface area contributed by atoms with Crippen molar-refractivity contribution in [1.29, 1.82) is 0 Å². The van der Waals surface area contributed by atoms with Crippen LogP contribution in [-0.4, -0.2) is 55.3 Å². The molecule has 2 amide bonds. The third-order valence-corrected chi connectivity index (χ3v) is 6.70. The van der Waals surface area contributed by atoms with E-state index in [1.165, 1.54) is 11.8 Å². The summed E-state index contributed by atoms with van der Waals surface area (Å²) < 4.78 is 5.20. The Morgan fingerprint density at radius 1 is 1.17 bits per heavy atom. The van der Waals surface area contributed by atoms with Crippen LogP contribution in [0, 0.1) is 0 Å². The molecule has 29 heavy (non-hydrogen) atoms. The number of carbonyl (C=O) groups is 2. The molecule has 0 bridgehead atoms. The van der Waals surface area contributed by atoms with E-state index in [1.807, 2.05) is 35.2 Å². The van der Waals surface area contributed by atoms with Gasteiger partial charge in [-0.15, -0.1) is 11.8 Å². The van der Waals surface area contributed by atoms with Gasteiger partial charge in [-0.3, -0.25) is 9.59 Å². The average molecular weight is 432 g/mol. The molecule has 6 nitrogen and oxygen atoms in total. The first kappa shape index (κ1) is 19.9. The first-order valence-electron chi connectivity index (χ1n) is 9.47. The number of piperazine rings is 1. The lowest BCUT2D eigenvalue weighted by Gasteiger charge is -2.37. The van der Waals surface area contributed by atoms with Crippen LogP contribution < -0.4 is 15.0 Å². The number of nitrogens with zero attached hydrogens (tertiary/aromatic N) is 2. The van der Waals surface area contributed by atoms with Crippen LogP contribution in [0.2, 0.25) is 5.02 Å². The van der Waals surface area contributed by atoms with Gasteiger partial charge in [0, 0.05) is 48.2 Å². The maximum absolute atomic E-state index is 12.8. The molecule has 2 heterocycles. The molecular weight excluding hydrogens is 410 g/mol. The van der Waals surface area contributed by atoms with E-state index in [4.69, 9.17) is 16.3 Å². The zero-order valence-corrected chi connectivity index (χ0v) is 17.6. The van der Waals surface area contributed by atoms with Crippen LogP contribution in [0.15, 0.2) is 47.4 Å². The monoisotopic (exact) mass is 431 g/mol. The van der Waals surface area contributed by atoms with Crippen LogP contribution in [0.4, 0.5) is 11.4 Å². The molecule has 8 heteroatoms. The summed E-state index contributed by atoms with van der Waals surface area (Å²) in [5, 5.41) is 3.02. The largest absolute Gasteiger partial charge is 0.497 e. The summed E-state index contributed by atoms with van der Waals surface area (Å²) in [6, 6.07) is 13.4. The lowest BCUT2D eigenvalue weighted by atomic mass is 10.2. The summed E-state index contributed by atoms with van der Waals surface area (Å²) in [6.07, 6.45) is 0.196. The number of benzene rings is 2. The third-order valence-electron chi connectivity index (χ3n) is 5.19. The highest BCUT2D eigenvalue weighted by Crippen LogP contribution is 2.38. The van der Waals surface area contributed by atoms with Gasteiger partial charge in [-0.25, -0.2) is 0 Å². The number of carbonyl (C=O) groups excluding carboxylic acids is 2. The molecule has 0 saturated carbocycles. The maximum Gasteiger partial charge on any atom is 0.238 e. The van der Waals surface area contributed by atoms with E-state index in [-0.39, 0.29) is 18.2 Å². The smallest absolute Gasteiger partial charge is 0.238 e. The van der Waals surface area contributed by atoms with Gasteiger partial charge in [-0.1, -0.05) is 11.6 Å². The molecule has 4 rings (SSSR count). The van der Waals surface area contributed by atoms with Crippen LogP contribution >= 0.6 is 23.4 Å². The van der Waals surface area contributed by atoms with Gasteiger partial charge in [0.1, 0.15) is 5.75 Å². The summed E-state index contributed by atoms with van der Waals surface area (Å²) in [7, 11) is 1.65. The quantitative estimate of drug-likeness (QED) is 0.802. The fraction of sp³-hybridized carbons (Fsp3) is 0.333. The van der Waals surface area contributed by atoms with Crippen molar-refractivity contribution in [2.75, 3.05) is 43.5 Å². The van der Waals surface area contributed by atoms with Gasteiger partial charge in [0.25, 0.3) is 0 Å². The number of ether oxygens (including phenoxy) is 1. The van der Waals surface area contributed by atoms with Gasteiger partial charge in [0.2, 0.25) is 11.8 Å². The molecule has 1 unspecified atom stereocenters. The Kier molecular flexibility index (Phi) is 5.87. The van der Waals surface area contributed by atoms with Crippen LogP contribution in [0.3, 0.4) is 0 Å². The van der Waals surface area contributed by atoms with Crippen LogP contribution in [0.25, 0.3) is 0 Å². The summed E-state index contributed by atoms with van der Waals surface area (Å²) in [4.78, 5) is 30.2. The zero-order valence-electron chi connectivity index (χ0n) is 16.1. The Hall–Kier alpha value is -2.38. The molecule has 1 saturated heterocycles. The van der Waals surface area contributed by atoms with E-state index in [0.29, 0.717) is 23.8 Å². The minimum atomic E-state index is -0.421. The van der Waals surface area contributed by atoms with E-state index in [9.17, 15) is 9.59 Å². The van der Waals surface area contributed by atoms with E-state index in [2.05, 4.69) is 10.2 Å². The molecule has 2 aliphatic heterocycles. The molecule has 152 valence electrons. The topological polar surface area (TPSA) is 61.9 Å². The van der Waals surface area contributed by atoms with Crippen molar-refractivity contribution < 1.29 is 14.3 Å². The fourth-order valence-electron chi connectivity index (χ4n) is 3.55. The van der Waals surface area contributed by atoms with E-state index in [1.54, 1.807) is 19.2 Å². The number of methoxy groups -OCH3 is 1. The fourth-order valence-corrected chi connectivity index (χ4v) is 4.81. The van der Waals surface area contributed by atoms with Crippen molar-refractivity contribution in [3.8, 4) is 5.75 Å². The molecule has 1 N–H and O–H groups in total. The minimum absolute atomic E-state index is 0.0180. The summed E-state index contributed by atoms with van der Waals surface area (Å²) >= 11 is 7.41. The van der Waals surface area contributed by atoms with Gasteiger partial charge in [-0.2, -0.15) is 0 Å². The normalized spacial score (nSPS) is 18.8. The van der Waals surface area contributed by atoms with Crippen LogP contribution in [-0.2, 0) is 9.59 Å². The number of nitrogens with one attached hydrogen (secondary N) is 1. The molecule has 2 aromatic rings. The van der Waals surface area contributed by atoms with Crippen LogP contribution in [0.5, 0.6) is 5.75 Å². The predicted octanol–water partition coefficient (Wildman–Crippen LogP) is 3.50. The number of hydrogen-bond acceptors (Lipinski definition) is 5. The van der Waals surface area contributed by atoms with Gasteiger partial charge < -0.3 is 19.9 Å². The number of hydrogen-bond donors (Lipinski definition) is 1. The SMILES string of the molecule is COc1ccc(N2CCN(C(=O)CC3Sc4ccc(Cl)cc4NC3=O)CC2)cc1. The Balaban J connectivity index is 1.33. The maximum atomic E-state index is 12.8. The molecule has 0 aliphatic carbocycles. The van der Waals surface area contributed by atoms with Crippen molar-refractivity contribution in [2.24, 2.45) is 0 Å². The standard InChI is InChI=1S/C21H22ClN3O3S/c1-28-16-5-3-15(4-6-16)24-8-10-25(11-9-24)20(26)13-19-21(27)23-17-12-14(22)2-7-18(17)29-19/h2-7,12,19H,8-11,13H2,1H3,(H,23,27). The molecule has 1 fully saturated rings.